The van der Waals surface area contributed by atoms with Gasteiger partial charge in [-0.25, -0.2) is 4.18 Å². The Labute approximate surface area is 268 Å². The van der Waals surface area contributed by atoms with Gasteiger partial charge in [-0.15, -0.1) is 0 Å². The van der Waals surface area contributed by atoms with Crippen molar-refractivity contribution in [2.24, 2.45) is 0 Å². The molecule has 7 N–H and O–H groups in total. The van der Waals surface area contributed by atoms with Crippen LogP contribution in [0.5, 0.6) is 0 Å². The number of carbonyl (C=O) groups excluding carboxylic acids is 1. The number of allylic oxidation sites excluding steroid dienone is 3. The van der Waals surface area contributed by atoms with Gasteiger partial charge >= 0.3 is 10.4 Å². The summed E-state index contributed by atoms with van der Waals surface area (Å²) in [4.78, 5) is 12.8. The number of aliphatic hydroxyl groups excluding tert-OH is 5. The zero-order valence-corrected chi connectivity index (χ0v) is 27.6. The Hall–Kier alpha value is -1.46. The Morgan fingerprint density at radius 2 is 1.49 bits per heavy atom. The van der Waals surface area contributed by atoms with Gasteiger partial charge in [-0.05, 0) is 25.7 Å². The maximum absolute atomic E-state index is 12.8. The molecule has 1 aliphatic rings. The lowest BCUT2D eigenvalue weighted by Gasteiger charge is -2.41. The third-order valence-corrected chi connectivity index (χ3v) is 8.06. The predicted octanol–water partition coefficient (Wildman–Crippen LogP) is 2.45. The lowest BCUT2D eigenvalue weighted by atomic mass is 9.99. The van der Waals surface area contributed by atoms with Gasteiger partial charge in [-0.3, -0.25) is 9.35 Å². The minimum atomic E-state index is -5.11. The molecule has 264 valence electrons. The highest BCUT2D eigenvalue weighted by Gasteiger charge is 2.48. The minimum Gasteiger partial charge on any atom is -0.394 e. The first kappa shape index (κ1) is 41.6. The molecule has 13 nitrogen and oxygen atoms in total. The van der Waals surface area contributed by atoms with E-state index in [0.717, 1.165) is 44.9 Å². The van der Waals surface area contributed by atoms with Crippen molar-refractivity contribution in [1.29, 1.82) is 0 Å². The number of unbranched alkanes of at least 4 members (excludes halogenated alkanes) is 10. The number of hydrogen-bond donors (Lipinski definition) is 7. The summed E-state index contributed by atoms with van der Waals surface area (Å²) in [6, 6.07) is -1.13. The third kappa shape index (κ3) is 17.9. The Morgan fingerprint density at radius 1 is 0.889 bits per heavy atom. The molecule has 0 bridgehead atoms. The first-order valence-electron chi connectivity index (χ1n) is 16.3. The summed E-state index contributed by atoms with van der Waals surface area (Å²) < 4.78 is 46.9. The van der Waals surface area contributed by atoms with Gasteiger partial charge in [-0.1, -0.05) is 102 Å². The lowest BCUT2D eigenvalue weighted by Crippen LogP contribution is -2.61. The molecule has 0 saturated carbocycles. The number of hydrogen-bond acceptors (Lipinski definition) is 11. The second kappa shape index (κ2) is 23.8. The average Bonchev–Trinajstić information content (AvgIpc) is 2.99. The molecule has 1 heterocycles. The van der Waals surface area contributed by atoms with Gasteiger partial charge < -0.3 is 40.3 Å². The summed E-state index contributed by atoms with van der Waals surface area (Å²) in [6.07, 6.45) is 9.17. The Morgan fingerprint density at radius 3 is 2.11 bits per heavy atom. The van der Waals surface area contributed by atoms with Crippen molar-refractivity contribution < 1.29 is 57.0 Å². The summed E-state index contributed by atoms with van der Waals surface area (Å²) >= 11 is 0. The zero-order chi connectivity index (χ0) is 33.7. The van der Waals surface area contributed by atoms with E-state index in [1.807, 2.05) is 0 Å². The fourth-order valence-electron chi connectivity index (χ4n) is 4.87. The highest BCUT2D eigenvalue weighted by molar-refractivity contribution is 7.80. The molecule has 8 atom stereocenters. The monoisotopic (exact) mass is 667 g/mol. The summed E-state index contributed by atoms with van der Waals surface area (Å²) in [5.74, 6) is -0.723. The predicted molar refractivity (Wildman–Crippen MR) is 168 cm³/mol. The van der Waals surface area contributed by atoms with Crippen LogP contribution in [0.15, 0.2) is 24.3 Å². The van der Waals surface area contributed by atoms with Crippen molar-refractivity contribution >= 4 is 16.3 Å². The van der Waals surface area contributed by atoms with E-state index in [1.54, 1.807) is 6.08 Å². The van der Waals surface area contributed by atoms with Crippen LogP contribution in [0.4, 0.5) is 0 Å². The van der Waals surface area contributed by atoms with Crippen LogP contribution < -0.4 is 5.32 Å². The van der Waals surface area contributed by atoms with Gasteiger partial charge in [0, 0.05) is 0 Å². The van der Waals surface area contributed by atoms with Crippen LogP contribution in [0.3, 0.4) is 0 Å². The molecule has 0 radical (unpaired) electrons. The first-order chi connectivity index (χ1) is 21.4. The zero-order valence-electron chi connectivity index (χ0n) is 26.8. The highest BCUT2D eigenvalue weighted by atomic mass is 32.3. The molecule has 14 heteroatoms. The van der Waals surface area contributed by atoms with Gasteiger partial charge in [0.2, 0.25) is 5.91 Å². The molecule has 1 rings (SSSR count). The molecule has 8 unspecified atom stereocenters. The van der Waals surface area contributed by atoms with Gasteiger partial charge in [0.25, 0.3) is 0 Å². The van der Waals surface area contributed by atoms with E-state index in [1.165, 1.54) is 31.8 Å². The molecule has 0 aromatic carbocycles. The van der Waals surface area contributed by atoms with Crippen molar-refractivity contribution in [3.05, 3.63) is 24.3 Å². The number of rotatable bonds is 25. The van der Waals surface area contributed by atoms with Gasteiger partial charge in [0.1, 0.15) is 30.5 Å². The van der Waals surface area contributed by atoms with Gasteiger partial charge in [0.05, 0.1) is 25.4 Å². The van der Waals surface area contributed by atoms with Crippen molar-refractivity contribution in [2.75, 3.05) is 13.2 Å². The second-order valence-electron chi connectivity index (χ2n) is 11.5. The maximum atomic E-state index is 12.8. The fraction of sp³-hybridized carbons (Fsp3) is 0.839. The number of nitrogens with one attached hydrogen (secondary N) is 1. The van der Waals surface area contributed by atoms with Crippen LogP contribution in [0.1, 0.15) is 104 Å². The standard InChI is InChI=1S/C31H57NO12S/c1-3-5-7-9-11-13-15-17-19-24(34)23(32-30(38)25(35)20-18-16-14-12-10-8-6-4-2)22-42-31-28(37)29(44-45(39,40)41)27(36)26(21-33)43-31/h9,11,17,19,23-29,31,33-37H,3-8,10,12-16,18,20-22H2,1-2H3,(H,32,38)(H,39,40,41)/b11-9+,19-17+. The Kier molecular flexibility index (Phi) is 22.0. The third-order valence-electron chi connectivity index (χ3n) is 7.59. The van der Waals surface area contributed by atoms with Gasteiger partial charge in [0.15, 0.2) is 6.29 Å². The van der Waals surface area contributed by atoms with Crippen molar-refractivity contribution in [1.82, 2.24) is 5.32 Å². The van der Waals surface area contributed by atoms with Crippen molar-refractivity contribution in [3.63, 3.8) is 0 Å². The number of aliphatic hydroxyl groups is 5. The van der Waals surface area contributed by atoms with E-state index in [2.05, 4.69) is 35.5 Å². The minimum absolute atomic E-state index is 0.236. The fourth-order valence-corrected chi connectivity index (χ4v) is 5.38. The molecule has 0 aromatic rings. The van der Waals surface area contributed by atoms with E-state index in [9.17, 15) is 38.7 Å². The maximum Gasteiger partial charge on any atom is 0.397 e. The quantitative estimate of drug-likeness (QED) is 0.0425. The number of carbonyl (C=O) groups is 1. The van der Waals surface area contributed by atoms with Gasteiger partial charge in [-0.2, -0.15) is 8.42 Å². The van der Waals surface area contributed by atoms with Crippen LogP contribution in [0, 0.1) is 0 Å². The normalized spacial score (nSPS) is 24.7. The lowest BCUT2D eigenvalue weighted by molar-refractivity contribution is -0.298. The first-order valence-corrected chi connectivity index (χ1v) is 17.7. The average molecular weight is 668 g/mol. The largest absolute Gasteiger partial charge is 0.397 e. The van der Waals surface area contributed by atoms with E-state index in [-0.39, 0.29) is 6.42 Å². The molecular formula is C31H57NO12S. The second-order valence-corrected chi connectivity index (χ2v) is 12.6. The Bertz CT molecular complexity index is 947. The molecule has 0 spiro atoms. The molecular weight excluding hydrogens is 610 g/mol. The molecule has 1 amide bonds. The summed E-state index contributed by atoms with van der Waals surface area (Å²) in [5.41, 5.74) is 0. The molecule has 0 aromatic heterocycles. The van der Waals surface area contributed by atoms with E-state index < -0.39 is 78.5 Å². The number of amides is 1. The Balaban J connectivity index is 2.85. The SMILES string of the molecule is CCCC/C=C/CC/C=C/C(O)C(COC1OC(CO)C(O)C(OS(=O)(=O)O)C1O)NC(=O)C(O)CCCCCCCCCC. The molecule has 0 aliphatic carbocycles. The smallest absolute Gasteiger partial charge is 0.394 e. The molecule has 1 fully saturated rings. The highest BCUT2D eigenvalue weighted by Crippen LogP contribution is 2.26. The molecule has 45 heavy (non-hydrogen) atoms. The van der Waals surface area contributed by atoms with Crippen LogP contribution in [0.25, 0.3) is 0 Å². The van der Waals surface area contributed by atoms with Crippen LogP contribution >= 0.6 is 0 Å². The van der Waals surface area contributed by atoms with E-state index in [0.29, 0.717) is 12.8 Å². The molecule has 1 aliphatic heterocycles. The van der Waals surface area contributed by atoms with E-state index in [4.69, 9.17) is 14.0 Å². The summed E-state index contributed by atoms with van der Waals surface area (Å²) in [5, 5.41) is 54.3. The van der Waals surface area contributed by atoms with Crippen LogP contribution in [0.2, 0.25) is 0 Å². The summed E-state index contributed by atoms with van der Waals surface area (Å²) in [6.45, 7) is 3.00. The van der Waals surface area contributed by atoms with E-state index >= 15 is 0 Å². The van der Waals surface area contributed by atoms with Crippen molar-refractivity contribution in [2.45, 2.75) is 153 Å². The van der Waals surface area contributed by atoms with Crippen molar-refractivity contribution in [3.8, 4) is 0 Å². The van der Waals surface area contributed by atoms with Crippen LogP contribution in [-0.4, -0.2) is 107 Å². The van der Waals surface area contributed by atoms with Crippen LogP contribution in [-0.2, 0) is 28.9 Å². The molecule has 1 saturated heterocycles. The number of ether oxygens (including phenoxy) is 2. The topological polar surface area (TPSA) is 212 Å². The summed E-state index contributed by atoms with van der Waals surface area (Å²) in [7, 11) is -5.11.